The van der Waals surface area contributed by atoms with Gasteiger partial charge < -0.3 is 25.4 Å². The SMILES string of the molecule is OC[C@H]1O[C@@H](n2cnc3c(NC(c4ccccc4)c4ccccc4)ncnc32)[C@H](O)[C@@H]1O. The highest BCUT2D eigenvalue weighted by Gasteiger charge is 2.44. The molecule has 0 saturated carbocycles. The predicted molar refractivity (Wildman–Crippen MR) is 117 cm³/mol. The van der Waals surface area contributed by atoms with E-state index in [4.69, 9.17) is 4.74 Å². The fourth-order valence-electron chi connectivity index (χ4n) is 4.04. The highest BCUT2D eigenvalue weighted by Crippen LogP contribution is 2.33. The van der Waals surface area contributed by atoms with Crippen LogP contribution in [0.1, 0.15) is 23.4 Å². The van der Waals surface area contributed by atoms with Crippen molar-refractivity contribution in [3.63, 3.8) is 0 Å². The minimum absolute atomic E-state index is 0.172. The number of benzene rings is 2. The van der Waals surface area contributed by atoms with Crippen molar-refractivity contribution in [1.29, 1.82) is 0 Å². The molecule has 0 bridgehead atoms. The fraction of sp³-hybridized carbons (Fsp3) is 0.261. The first-order valence-electron chi connectivity index (χ1n) is 10.3. The fourth-order valence-corrected chi connectivity index (χ4v) is 4.04. The molecule has 5 rings (SSSR count). The van der Waals surface area contributed by atoms with Gasteiger partial charge in [0.2, 0.25) is 0 Å². The monoisotopic (exact) mass is 433 g/mol. The van der Waals surface area contributed by atoms with Gasteiger partial charge >= 0.3 is 0 Å². The van der Waals surface area contributed by atoms with E-state index < -0.39 is 31.1 Å². The maximum Gasteiger partial charge on any atom is 0.167 e. The summed E-state index contributed by atoms with van der Waals surface area (Å²) >= 11 is 0. The van der Waals surface area contributed by atoms with Crippen LogP contribution < -0.4 is 5.32 Å². The van der Waals surface area contributed by atoms with Gasteiger partial charge in [0.1, 0.15) is 24.6 Å². The van der Waals surface area contributed by atoms with E-state index in [2.05, 4.69) is 20.3 Å². The van der Waals surface area contributed by atoms with Gasteiger partial charge in [-0.15, -0.1) is 0 Å². The zero-order valence-corrected chi connectivity index (χ0v) is 17.1. The predicted octanol–water partition coefficient (Wildman–Crippen LogP) is 1.64. The Morgan fingerprint density at radius 2 is 1.56 bits per heavy atom. The summed E-state index contributed by atoms with van der Waals surface area (Å²) < 4.78 is 7.19. The van der Waals surface area contributed by atoms with Crippen LogP contribution in [-0.2, 0) is 4.74 Å². The minimum Gasteiger partial charge on any atom is -0.394 e. The Labute approximate surface area is 184 Å². The van der Waals surface area contributed by atoms with Gasteiger partial charge in [-0.2, -0.15) is 0 Å². The lowest BCUT2D eigenvalue weighted by atomic mass is 9.99. The lowest BCUT2D eigenvalue weighted by Crippen LogP contribution is -2.33. The summed E-state index contributed by atoms with van der Waals surface area (Å²) in [6, 6.07) is 19.9. The number of hydrogen-bond acceptors (Lipinski definition) is 8. The number of nitrogens with zero attached hydrogens (tertiary/aromatic N) is 4. The molecule has 4 aromatic rings. The zero-order chi connectivity index (χ0) is 22.1. The number of nitrogens with one attached hydrogen (secondary N) is 1. The van der Waals surface area contributed by atoms with Gasteiger partial charge in [0.25, 0.3) is 0 Å². The van der Waals surface area contributed by atoms with Crippen LogP contribution >= 0.6 is 0 Å². The summed E-state index contributed by atoms with van der Waals surface area (Å²) in [5.74, 6) is 0.526. The number of anilines is 1. The highest BCUT2D eigenvalue weighted by atomic mass is 16.6. The minimum atomic E-state index is -1.22. The van der Waals surface area contributed by atoms with Crippen molar-refractivity contribution in [2.45, 2.75) is 30.6 Å². The molecule has 4 atom stereocenters. The molecule has 1 aliphatic rings. The van der Waals surface area contributed by atoms with Gasteiger partial charge in [-0.3, -0.25) is 4.57 Å². The molecule has 2 aromatic carbocycles. The van der Waals surface area contributed by atoms with Crippen molar-refractivity contribution in [1.82, 2.24) is 19.5 Å². The molecule has 0 unspecified atom stereocenters. The lowest BCUT2D eigenvalue weighted by molar-refractivity contribution is -0.0511. The number of aliphatic hydroxyl groups is 3. The molecule has 0 aliphatic carbocycles. The van der Waals surface area contributed by atoms with Gasteiger partial charge in [-0.05, 0) is 11.1 Å². The van der Waals surface area contributed by atoms with Crippen LogP contribution in [0.25, 0.3) is 11.2 Å². The third-order valence-electron chi connectivity index (χ3n) is 5.70. The number of imidazole rings is 1. The first kappa shape index (κ1) is 20.5. The van der Waals surface area contributed by atoms with Crippen LogP contribution in [0, 0.1) is 0 Å². The van der Waals surface area contributed by atoms with E-state index >= 15 is 0 Å². The van der Waals surface area contributed by atoms with E-state index in [0.29, 0.717) is 17.0 Å². The van der Waals surface area contributed by atoms with Crippen LogP contribution in [-0.4, -0.2) is 59.8 Å². The molecule has 0 radical (unpaired) electrons. The van der Waals surface area contributed by atoms with Crippen LogP contribution in [0.5, 0.6) is 0 Å². The number of fused-ring (bicyclic) bond motifs is 1. The van der Waals surface area contributed by atoms with Gasteiger partial charge in [0.05, 0.1) is 19.0 Å². The van der Waals surface area contributed by atoms with E-state index in [1.165, 1.54) is 12.7 Å². The highest BCUT2D eigenvalue weighted by molar-refractivity contribution is 5.83. The van der Waals surface area contributed by atoms with Gasteiger partial charge in [-0.25, -0.2) is 15.0 Å². The van der Waals surface area contributed by atoms with E-state index in [1.54, 1.807) is 4.57 Å². The average Bonchev–Trinajstić information content (AvgIpc) is 3.40. The molecular formula is C23H23N5O4. The topological polar surface area (TPSA) is 126 Å². The van der Waals surface area contributed by atoms with Crippen LogP contribution in [0.4, 0.5) is 5.82 Å². The Bertz CT molecular complexity index is 1150. The summed E-state index contributed by atoms with van der Waals surface area (Å²) in [7, 11) is 0. The summed E-state index contributed by atoms with van der Waals surface area (Å²) in [4.78, 5) is 13.2. The molecule has 164 valence electrons. The first-order chi connectivity index (χ1) is 15.7. The average molecular weight is 433 g/mol. The van der Waals surface area contributed by atoms with Crippen LogP contribution in [0.15, 0.2) is 73.3 Å². The van der Waals surface area contributed by atoms with Crippen molar-refractivity contribution >= 4 is 17.0 Å². The molecular weight excluding hydrogens is 410 g/mol. The van der Waals surface area contributed by atoms with E-state index in [9.17, 15) is 15.3 Å². The maximum absolute atomic E-state index is 10.4. The second-order valence-electron chi connectivity index (χ2n) is 7.67. The third-order valence-corrected chi connectivity index (χ3v) is 5.70. The molecule has 0 amide bonds. The molecule has 2 aromatic heterocycles. The van der Waals surface area contributed by atoms with Crippen LogP contribution in [0.3, 0.4) is 0 Å². The van der Waals surface area contributed by atoms with Crippen molar-refractivity contribution in [3.8, 4) is 0 Å². The Morgan fingerprint density at radius 3 is 2.16 bits per heavy atom. The maximum atomic E-state index is 10.4. The summed E-state index contributed by atoms with van der Waals surface area (Å²) in [6.07, 6.45) is -1.33. The van der Waals surface area contributed by atoms with Crippen molar-refractivity contribution in [2.75, 3.05) is 11.9 Å². The molecule has 4 N–H and O–H groups in total. The van der Waals surface area contributed by atoms with E-state index in [-0.39, 0.29) is 6.04 Å². The van der Waals surface area contributed by atoms with Crippen molar-refractivity contribution in [2.24, 2.45) is 0 Å². The van der Waals surface area contributed by atoms with Crippen molar-refractivity contribution < 1.29 is 20.1 Å². The quantitative estimate of drug-likeness (QED) is 0.362. The number of hydrogen-bond donors (Lipinski definition) is 4. The second kappa shape index (κ2) is 8.64. The lowest BCUT2D eigenvalue weighted by Gasteiger charge is -2.21. The summed E-state index contributed by atoms with van der Waals surface area (Å²) in [5.41, 5.74) is 3.07. The molecule has 32 heavy (non-hydrogen) atoms. The molecule has 1 aliphatic heterocycles. The number of rotatable bonds is 6. The van der Waals surface area contributed by atoms with Gasteiger partial charge in [0, 0.05) is 0 Å². The Hall–Kier alpha value is -3.37. The number of aliphatic hydroxyl groups excluding tert-OH is 3. The third kappa shape index (κ3) is 3.61. The molecule has 1 saturated heterocycles. The normalized spacial score (nSPS) is 23.1. The largest absolute Gasteiger partial charge is 0.394 e. The van der Waals surface area contributed by atoms with E-state index in [0.717, 1.165) is 11.1 Å². The molecule has 9 nitrogen and oxygen atoms in total. The smallest absolute Gasteiger partial charge is 0.167 e. The number of aromatic nitrogens is 4. The first-order valence-corrected chi connectivity index (χ1v) is 10.3. The number of ether oxygens (including phenoxy) is 1. The summed E-state index contributed by atoms with van der Waals surface area (Å²) in [6.45, 7) is -0.404. The Kier molecular flexibility index (Phi) is 5.54. The van der Waals surface area contributed by atoms with E-state index in [1.807, 2.05) is 60.7 Å². The standard InChI is InChI=1S/C23H23N5O4/c29-11-16-19(30)20(31)23(32-16)28-13-26-18-21(24-12-25-22(18)28)27-17(14-7-3-1-4-8-14)15-9-5-2-6-10-15/h1-10,12-13,16-17,19-20,23,29-31H,11H2,(H,24,25,27)/t16-,19-,20-,23-/m1/s1. The van der Waals surface area contributed by atoms with Crippen molar-refractivity contribution in [3.05, 3.63) is 84.4 Å². The Balaban J connectivity index is 1.52. The second-order valence-corrected chi connectivity index (χ2v) is 7.67. The van der Waals surface area contributed by atoms with Gasteiger partial charge in [0.15, 0.2) is 23.2 Å². The molecule has 0 spiro atoms. The molecule has 1 fully saturated rings. The van der Waals surface area contributed by atoms with Gasteiger partial charge in [-0.1, -0.05) is 60.7 Å². The molecule has 9 heteroatoms. The zero-order valence-electron chi connectivity index (χ0n) is 17.1. The summed E-state index contributed by atoms with van der Waals surface area (Å²) in [5, 5.41) is 33.4. The molecule has 3 heterocycles. The van der Waals surface area contributed by atoms with Crippen LogP contribution in [0.2, 0.25) is 0 Å². The Morgan fingerprint density at radius 1 is 0.906 bits per heavy atom.